The van der Waals surface area contributed by atoms with Crippen molar-refractivity contribution in [2.75, 3.05) is 13.2 Å². The summed E-state index contributed by atoms with van der Waals surface area (Å²) in [5.74, 6) is 0.683. The smallest absolute Gasteiger partial charge is 0.305 e. The first-order valence-electron chi connectivity index (χ1n) is 9.04. The quantitative estimate of drug-likeness (QED) is 0.499. The Labute approximate surface area is 145 Å². The molecule has 0 saturated heterocycles. The zero-order valence-electron chi connectivity index (χ0n) is 14.2. The molecule has 2 aliphatic rings. The summed E-state index contributed by atoms with van der Waals surface area (Å²) in [4.78, 5) is 0. The first-order valence-corrected chi connectivity index (χ1v) is 10.6. The molecule has 3 nitrogen and oxygen atoms in total. The van der Waals surface area contributed by atoms with Crippen LogP contribution in [-0.2, 0) is 13.6 Å². The van der Waals surface area contributed by atoms with Crippen LogP contribution in [0.15, 0.2) is 54.6 Å². The van der Waals surface area contributed by atoms with Crippen LogP contribution in [0.2, 0.25) is 0 Å². The molecule has 24 heavy (non-hydrogen) atoms. The second kappa shape index (κ2) is 8.80. The number of rotatable bonds is 7. The Kier molecular flexibility index (Phi) is 6.48. The monoisotopic (exact) mass is 346 g/mol. The molecule has 0 aliphatic heterocycles. The molecule has 0 fully saturated rings. The van der Waals surface area contributed by atoms with Gasteiger partial charge in [0.2, 0.25) is 0 Å². The van der Waals surface area contributed by atoms with Crippen molar-refractivity contribution in [3.63, 3.8) is 0 Å². The number of allylic oxidation sites excluding steroid dienone is 2. The van der Waals surface area contributed by atoms with Crippen LogP contribution >= 0.6 is 7.60 Å². The summed E-state index contributed by atoms with van der Waals surface area (Å²) in [6.07, 6.45) is 15.6. The topological polar surface area (TPSA) is 35.5 Å². The van der Waals surface area contributed by atoms with Gasteiger partial charge < -0.3 is 9.05 Å². The molecular weight excluding hydrogens is 319 g/mol. The van der Waals surface area contributed by atoms with Crippen LogP contribution in [0.4, 0.5) is 0 Å². The van der Waals surface area contributed by atoms with Gasteiger partial charge in [-0.25, -0.2) is 0 Å². The summed E-state index contributed by atoms with van der Waals surface area (Å²) >= 11 is 0. The molecule has 1 aromatic carbocycles. The standard InChI is InChI=1S/C20H27O3P/c21-24(20-14-8-3-9-15-20,22-16-18-10-4-1-5-11-18)23-17-19-12-6-2-7-13-19/h3-4,6,8-10,12,14-15,18-19H,1-2,5,7,11,13,16-17H2. The Hall–Kier alpha value is -1.15. The summed E-state index contributed by atoms with van der Waals surface area (Å²) in [7, 11) is -3.27. The van der Waals surface area contributed by atoms with Crippen molar-refractivity contribution >= 4 is 12.9 Å². The normalized spacial score (nSPS) is 26.2. The summed E-state index contributed by atoms with van der Waals surface area (Å²) in [6, 6.07) is 9.37. The van der Waals surface area contributed by atoms with Crippen LogP contribution in [0.5, 0.6) is 0 Å². The van der Waals surface area contributed by atoms with E-state index in [2.05, 4.69) is 24.3 Å². The first-order chi connectivity index (χ1) is 11.8. The van der Waals surface area contributed by atoms with Crippen molar-refractivity contribution in [2.24, 2.45) is 11.8 Å². The molecule has 2 unspecified atom stereocenters. The second-order valence-electron chi connectivity index (χ2n) is 6.66. The van der Waals surface area contributed by atoms with E-state index in [9.17, 15) is 4.57 Å². The highest BCUT2D eigenvalue weighted by molar-refractivity contribution is 7.62. The van der Waals surface area contributed by atoms with Gasteiger partial charge in [0.1, 0.15) is 0 Å². The molecular formula is C20H27O3P. The van der Waals surface area contributed by atoms with Crippen molar-refractivity contribution in [2.45, 2.75) is 38.5 Å². The fourth-order valence-electron chi connectivity index (χ4n) is 3.23. The SMILES string of the molecule is O=P(OCC1C=CCCC1)(OCC1C=CCCC1)c1ccccc1. The van der Waals surface area contributed by atoms with E-state index in [1.807, 2.05) is 30.3 Å². The van der Waals surface area contributed by atoms with Crippen LogP contribution in [0, 0.1) is 11.8 Å². The van der Waals surface area contributed by atoms with Crippen LogP contribution in [0.3, 0.4) is 0 Å². The summed E-state index contributed by atoms with van der Waals surface area (Å²) in [5, 5.41) is 0.657. The second-order valence-corrected chi connectivity index (χ2v) is 8.69. The molecule has 0 bridgehead atoms. The third-order valence-electron chi connectivity index (χ3n) is 4.70. The Morgan fingerprint density at radius 3 is 1.88 bits per heavy atom. The van der Waals surface area contributed by atoms with E-state index in [0.29, 0.717) is 30.4 Å². The van der Waals surface area contributed by atoms with Gasteiger partial charge in [-0.15, -0.1) is 0 Å². The van der Waals surface area contributed by atoms with Gasteiger partial charge in [-0.05, 0) is 50.7 Å². The Morgan fingerprint density at radius 1 is 0.875 bits per heavy atom. The lowest BCUT2D eigenvalue weighted by atomic mass is 9.97. The zero-order chi connectivity index (χ0) is 16.7. The van der Waals surface area contributed by atoms with Gasteiger partial charge in [0.25, 0.3) is 0 Å². The molecule has 130 valence electrons. The zero-order valence-corrected chi connectivity index (χ0v) is 15.1. The lowest BCUT2D eigenvalue weighted by Gasteiger charge is -2.24. The van der Waals surface area contributed by atoms with Gasteiger partial charge in [0.05, 0.1) is 18.5 Å². The average Bonchev–Trinajstić information content (AvgIpc) is 2.67. The van der Waals surface area contributed by atoms with Crippen LogP contribution in [0.25, 0.3) is 0 Å². The molecule has 2 aliphatic carbocycles. The molecule has 0 radical (unpaired) electrons. The Balaban J connectivity index is 1.67. The van der Waals surface area contributed by atoms with Crippen molar-refractivity contribution < 1.29 is 13.6 Å². The van der Waals surface area contributed by atoms with E-state index in [4.69, 9.17) is 9.05 Å². The third kappa shape index (κ3) is 4.92. The maximum Gasteiger partial charge on any atom is 0.361 e. The largest absolute Gasteiger partial charge is 0.361 e. The number of hydrogen-bond acceptors (Lipinski definition) is 3. The van der Waals surface area contributed by atoms with Crippen molar-refractivity contribution in [1.82, 2.24) is 0 Å². The van der Waals surface area contributed by atoms with Gasteiger partial charge in [0.15, 0.2) is 0 Å². The summed E-state index contributed by atoms with van der Waals surface area (Å²) < 4.78 is 25.2. The van der Waals surface area contributed by atoms with Gasteiger partial charge in [-0.2, -0.15) is 0 Å². The third-order valence-corrected chi connectivity index (χ3v) is 6.61. The summed E-state index contributed by atoms with van der Waals surface area (Å²) in [5.41, 5.74) is 0. The highest BCUT2D eigenvalue weighted by Gasteiger charge is 2.29. The lowest BCUT2D eigenvalue weighted by Crippen LogP contribution is -2.18. The lowest BCUT2D eigenvalue weighted by molar-refractivity contribution is 0.177. The minimum absolute atomic E-state index is 0.342. The summed E-state index contributed by atoms with van der Waals surface area (Å²) in [6.45, 7) is 0.923. The van der Waals surface area contributed by atoms with E-state index in [-0.39, 0.29) is 0 Å². The molecule has 0 saturated carbocycles. The van der Waals surface area contributed by atoms with E-state index in [0.717, 1.165) is 25.7 Å². The van der Waals surface area contributed by atoms with Gasteiger partial charge >= 0.3 is 7.60 Å². The van der Waals surface area contributed by atoms with Crippen molar-refractivity contribution in [3.05, 3.63) is 54.6 Å². The highest BCUT2D eigenvalue weighted by Crippen LogP contribution is 2.48. The van der Waals surface area contributed by atoms with E-state index in [1.54, 1.807) is 0 Å². The fourth-order valence-corrected chi connectivity index (χ4v) is 4.91. The molecule has 4 heteroatoms. The number of benzene rings is 1. The van der Waals surface area contributed by atoms with Gasteiger partial charge in [-0.1, -0.05) is 42.5 Å². The molecule has 2 atom stereocenters. The van der Waals surface area contributed by atoms with Crippen LogP contribution in [-0.4, -0.2) is 13.2 Å². The van der Waals surface area contributed by atoms with Crippen LogP contribution < -0.4 is 5.30 Å². The fraction of sp³-hybridized carbons (Fsp3) is 0.500. The van der Waals surface area contributed by atoms with Crippen molar-refractivity contribution in [3.8, 4) is 0 Å². The highest BCUT2D eigenvalue weighted by atomic mass is 31.2. The minimum Gasteiger partial charge on any atom is -0.305 e. The minimum atomic E-state index is -3.27. The molecule has 1 aromatic rings. The maximum absolute atomic E-state index is 13.4. The maximum atomic E-state index is 13.4. The van der Waals surface area contributed by atoms with Gasteiger partial charge in [-0.3, -0.25) is 4.57 Å². The Morgan fingerprint density at radius 2 is 1.42 bits per heavy atom. The van der Waals surface area contributed by atoms with Crippen LogP contribution in [0.1, 0.15) is 38.5 Å². The van der Waals surface area contributed by atoms with E-state index in [1.165, 1.54) is 12.8 Å². The predicted octanol–water partition coefficient (Wildman–Crippen LogP) is 5.25. The van der Waals surface area contributed by atoms with E-state index >= 15 is 0 Å². The Bertz CT molecular complexity index is 577. The molecule has 0 heterocycles. The molecule has 0 amide bonds. The molecule has 3 rings (SSSR count). The number of hydrogen-bond donors (Lipinski definition) is 0. The van der Waals surface area contributed by atoms with Gasteiger partial charge in [0, 0.05) is 11.8 Å². The van der Waals surface area contributed by atoms with E-state index < -0.39 is 7.60 Å². The van der Waals surface area contributed by atoms with Crippen molar-refractivity contribution in [1.29, 1.82) is 0 Å². The molecule has 0 aromatic heterocycles. The molecule has 0 spiro atoms. The average molecular weight is 346 g/mol. The first kappa shape index (κ1) is 17.7. The molecule has 0 N–H and O–H groups in total. The predicted molar refractivity (Wildman–Crippen MR) is 98.5 cm³/mol.